The maximum Gasteiger partial charge on any atom is 0.186 e. The minimum atomic E-state index is 0.447. The predicted molar refractivity (Wildman–Crippen MR) is 60.3 cm³/mol. The highest BCUT2D eigenvalue weighted by Crippen LogP contribution is 2.17. The summed E-state index contributed by atoms with van der Waals surface area (Å²) in [6.07, 6.45) is 6.51. The number of hydrogen-bond donors (Lipinski definition) is 1. The molecule has 0 bridgehead atoms. The molecule has 0 unspecified atom stereocenters. The number of anilines is 1. The van der Waals surface area contributed by atoms with Gasteiger partial charge in [-0.25, -0.2) is 4.98 Å². The van der Waals surface area contributed by atoms with E-state index in [-0.39, 0.29) is 0 Å². The fraction of sp³-hybridized carbons (Fsp3) is 0.375. The Hall–Kier alpha value is -1.14. The molecule has 0 fully saturated rings. The molecular weight excluding hydrogens is 234 g/mol. The molecule has 0 atom stereocenters. The fourth-order valence-electron chi connectivity index (χ4n) is 1.17. The van der Waals surface area contributed by atoms with Gasteiger partial charge in [0.1, 0.15) is 0 Å². The molecule has 0 aliphatic heterocycles. The summed E-state index contributed by atoms with van der Waals surface area (Å²) < 4.78 is 9.91. The second kappa shape index (κ2) is 5.09. The summed E-state index contributed by atoms with van der Waals surface area (Å²) in [5.74, 6) is 0.673. The number of hydrogen-bond acceptors (Lipinski definition) is 5. The largest absolute Gasteiger partial charge is 0.367 e. The molecule has 2 heterocycles. The highest BCUT2D eigenvalue weighted by molar-refractivity contribution is 6.99. The first-order chi connectivity index (χ1) is 7.36. The number of rotatable bonds is 5. The van der Waals surface area contributed by atoms with E-state index < -0.39 is 0 Å². The van der Waals surface area contributed by atoms with E-state index in [1.807, 2.05) is 10.8 Å². The predicted octanol–water partition coefficient (Wildman–Crippen LogP) is 1.89. The average molecular weight is 244 g/mol. The van der Waals surface area contributed by atoms with Gasteiger partial charge in [-0.15, -0.1) is 0 Å². The lowest BCUT2D eigenvalue weighted by molar-refractivity contribution is 0.660. The third kappa shape index (κ3) is 2.90. The first-order valence-electron chi connectivity index (χ1n) is 4.54. The van der Waals surface area contributed by atoms with E-state index in [1.165, 1.54) is 0 Å². The maximum atomic E-state index is 5.78. The fourth-order valence-corrected chi connectivity index (χ4v) is 1.85. The Morgan fingerprint density at radius 1 is 1.47 bits per heavy atom. The van der Waals surface area contributed by atoms with Crippen molar-refractivity contribution in [3.63, 3.8) is 0 Å². The van der Waals surface area contributed by atoms with Crippen molar-refractivity contribution in [2.75, 3.05) is 11.9 Å². The smallest absolute Gasteiger partial charge is 0.186 e. The second-order valence-corrected chi connectivity index (χ2v) is 3.87. The van der Waals surface area contributed by atoms with Crippen molar-refractivity contribution in [1.29, 1.82) is 0 Å². The Kier molecular flexibility index (Phi) is 3.52. The number of nitrogens with zero attached hydrogens (tertiary/aromatic N) is 4. The Bertz CT molecular complexity index is 399. The number of imidazole rings is 1. The van der Waals surface area contributed by atoms with Crippen molar-refractivity contribution in [3.05, 3.63) is 23.9 Å². The van der Waals surface area contributed by atoms with E-state index >= 15 is 0 Å². The van der Waals surface area contributed by atoms with E-state index in [1.54, 1.807) is 12.5 Å². The number of halogens is 1. The van der Waals surface area contributed by atoms with Gasteiger partial charge in [0, 0.05) is 25.5 Å². The van der Waals surface area contributed by atoms with E-state index in [2.05, 4.69) is 19.0 Å². The molecule has 0 spiro atoms. The lowest BCUT2D eigenvalue weighted by Crippen LogP contribution is -2.06. The summed E-state index contributed by atoms with van der Waals surface area (Å²) in [6.45, 7) is 1.76. The molecule has 2 aromatic heterocycles. The topological polar surface area (TPSA) is 55.6 Å². The van der Waals surface area contributed by atoms with Crippen molar-refractivity contribution in [2.45, 2.75) is 13.0 Å². The van der Waals surface area contributed by atoms with Crippen LogP contribution in [0.4, 0.5) is 5.82 Å². The first kappa shape index (κ1) is 10.4. The van der Waals surface area contributed by atoms with E-state index in [0.717, 1.165) is 31.2 Å². The lowest BCUT2D eigenvalue weighted by atomic mass is 10.4. The third-order valence-electron chi connectivity index (χ3n) is 1.89. The van der Waals surface area contributed by atoms with Gasteiger partial charge in [0.25, 0.3) is 0 Å². The third-order valence-corrected chi connectivity index (χ3v) is 2.79. The molecule has 0 amide bonds. The molecule has 0 aliphatic carbocycles. The molecule has 0 radical (unpaired) electrons. The van der Waals surface area contributed by atoms with Crippen LogP contribution in [0.2, 0.25) is 5.15 Å². The zero-order valence-electron chi connectivity index (χ0n) is 7.93. The monoisotopic (exact) mass is 243 g/mol. The Morgan fingerprint density at radius 3 is 3.07 bits per heavy atom. The Morgan fingerprint density at radius 2 is 2.40 bits per heavy atom. The van der Waals surface area contributed by atoms with Crippen LogP contribution in [0.15, 0.2) is 18.7 Å². The van der Waals surface area contributed by atoms with Crippen molar-refractivity contribution < 1.29 is 0 Å². The summed E-state index contributed by atoms with van der Waals surface area (Å²) in [5.41, 5.74) is 0. The molecule has 15 heavy (non-hydrogen) atoms. The van der Waals surface area contributed by atoms with Crippen LogP contribution in [-0.4, -0.2) is 24.8 Å². The zero-order chi connectivity index (χ0) is 10.5. The number of aromatic nitrogens is 4. The molecule has 0 aromatic carbocycles. The summed E-state index contributed by atoms with van der Waals surface area (Å²) in [5, 5.41) is 3.57. The van der Waals surface area contributed by atoms with Gasteiger partial charge in [-0.3, -0.25) is 0 Å². The summed E-state index contributed by atoms with van der Waals surface area (Å²) in [7, 11) is 0. The molecule has 0 saturated carbocycles. The van der Waals surface area contributed by atoms with Gasteiger partial charge in [-0.2, -0.15) is 8.75 Å². The normalized spacial score (nSPS) is 10.5. The molecular formula is C8H10ClN5S. The van der Waals surface area contributed by atoms with Gasteiger partial charge in [0.2, 0.25) is 0 Å². The zero-order valence-corrected chi connectivity index (χ0v) is 9.50. The van der Waals surface area contributed by atoms with Crippen molar-refractivity contribution in [2.24, 2.45) is 0 Å². The second-order valence-electron chi connectivity index (χ2n) is 2.98. The van der Waals surface area contributed by atoms with Crippen LogP contribution in [0.25, 0.3) is 0 Å². The molecule has 1 N–H and O–H groups in total. The molecule has 2 aromatic rings. The highest BCUT2D eigenvalue weighted by atomic mass is 35.5. The molecule has 0 aliphatic rings. The van der Waals surface area contributed by atoms with Crippen LogP contribution in [0.5, 0.6) is 0 Å². The summed E-state index contributed by atoms with van der Waals surface area (Å²) in [6, 6.07) is 0. The Labute approximate surface area is 96.4 Å². The van der Waals surface area contributed by atoms with Gasteiger partial charge < -0.3 is 9.88 Å². The molecule has 2 rings (SSSR count). The summed E-state index contributed by atoms with van der Waals surface area (Å²) in [4.78, 5) is 3.97. The van der Waals surface area contributed by atoms with Gasteiger partial charge in [0.15, 0.2) is 11.0 Å². The van der Waals surface area contributed by atoms with Crippen LogP contribution in [0.1, 0.15) is 6.42 Å². The standard InChI is InChI=1S/C8H10ClN5S/c9-7-8(13-15-12-7)11-2-1-4-14-5-3-10-6-14/h3,5-6H,1-2,4H2,(H,11,13). The van der Waals surface area contributed by atoms with Gasteiger partial charge in [-0.1, -0.05) is 11.6 Å². The minimum absolute atomic E-state index is 0.447. The first-order valence-corrected chi connectivity index (χ1v) is 5.65. The molecule has 7 heteroatoms. The molecule has 5 nitrogen and oxygen atoms in total. The molecule has 0 saturated heterocycles. The highest BCUT2D eigenvalue weighted by Gasteiger charge is 2.02. The van der Waals surface area contributed by atoms with Crippen LogP contribution in [0, 0.1) is 0 Å². The van der Waals surface area contributed by atoms with Gasteiger partial charge in [0.05, 0.1) is 18.1 Å². The van der Waals surface area contributed by atoms with Crippen molar-refractivity contribution in [1.82, 2.24) is 18.3 Å². The number of aryl methyl sites for hydroxylation is 1. The van der Waals surface area contributed by atoms with E-state index in [9.17, 15) is 0 Å². The minimum Gasteiger partial charge on any atom is -0.367 e. The maximum absolute atomic E-state index is 5.78. The SMILES string of the molecule is Clc1nsnc1NCCCn1ccnc1. The molecule has 80 valence electrons. The van der Waals surface area contributed by atoms with Crippen LogP contribution in [-0.2, 0) is 6.54 Å². The van der Waals surface area contributed by atoms with Crippen molar-refractivity contribution >= 4 is 29.1 Å². The number of nitrogens with one attached hydrogen (secondary N) is 1. The van der Waals surface area contributed by atoms with Crippen molar-refractivity contribution in [3.8, 4) is 0 Å². The summed E-state index contributed by atoms with van der Waals surface area (Å²) >= 11 is 6.89. The average Bonchev–Trinajstić information content (AvgIpc) is 2.85. The van der Waals surface area contributed by atoms with E-state index in [0.29, 0.717) is 11.0 Å². The van der Waals surface area contributed by atoms with Crippen LogP contribution >= 0.6 is 23.3 Å². The van der Waals surface area contributed by atoms with E-state index in [4.69, 9.17) is 11.6 Å². The van der Waals surface area contributed by atoms with Crippen LogP contribution in [0.3, 0.4) is 0 Å². The quantitative estimate of drug-likeness (QED) is 0.815. The van der Waals surface area contributed by atoms with Gasteiger partial charge in [-0.05, 0) is 6.42 Å². The lowest BCUT2D eigenvalue weighted by Gasteiger charge is -2.03. The van der Waals surface area contributed by atoms with Crippen LogP contribution < -0.4 is 5.32 Å². The van der Waals surface area contributed by atoms with Gasteiger partial charge >= 0.3 is 0 Å². The Balaban J connectivity index is 1.70.